The minimum atomic E-state index is 0.593. The Bertz CT molecular complexity index is 222. The van der Waals surface area contributed by atoms with Gasteiger partial charge in [-0.2, -0.15) is 11.8 Å². The molecule has 3 heteroatoms. The Labute approximate surface area is 111 Å². The molecule has 0 heterocycles. The monoisotopic (exact) mass is 256 g/mol. The molecule has 0 aliphatic heterocycles. The van der Waals surface area contributed by atoms with E-state index in [1.54, 1.807) is 0 Å². The number of thioether (sulfide) groups is 1. The zero-order valence-electron chi connectivity index (χ0n) is 11.5. The van der Waals surface area contributed by atoms with Crippen molar-refractivity contribution >= 4 is 11.8 Å². The van der Waals surface area contributed by atoms with Crippen LogP contribution in [0.1, 0.15) is 38.5 Å². The second-order valence-electron chi connectivity index (χ2n) is 6.09. The van der Waals surface area contributed by atoms with Gasteiger partial charge in [-0.1, -0.05) is 12.8 Å². The quantitative estimate of drug-likeness (QED) is 0.718. The van der Waals surface area contributed by atoms with E-state index < -0.39 is 0 Å². The third-order valence-electron chi connectivity index (χ3n) is 4.29. The van der Waals surface area contributed by atoms with Gasteiger partial charge in [0.1, 0.15) is 0 Å². The first-order valence-electron chi connectivity index (χ1n) is 7.15. The van der Waals surface area contributed by atoms with E-state index in [0.29, 0.717) is 5.41 Å². The first kappa shape index (κ1) is 13.7. The molecule has 0 bridgehead atoms. The first-order chi connectivity index (χ1) is 8.24. The molecular formula is C14H28N2S. The van der Waals surface area contributed by atoms with E-state index in [9.17, 15) is 0 Å². The number of hydrogen-bond donors (Lipinski definition) is 1. The van der Waals surface area contributed by atoms with E-state index in [2.05, 4.69) is 23.5 Å². The Morgan fingerprint density at radius 2 is 2.00 bits per heavy atom. The molecule has 100 valence electrons. The van der Waals surface area contributed by atoms with Gasteiger partial charge in [0.15, 0.2) is 0 Å². The molecule has 0 radical (unpaired) electrons. The van der Waals surface area contributed by atoms with Crippen molar-refractivity contribution in [1.82, 2.24) is 10.2 Å². The molecule has 2 saturated carbocycles. The van der Waals surface area contributed by atoms with Crippen molar-refractivity contribution in [1.29, 1.82) is 0 Å². The van der Waals surface area contributed by atoms with Crippen LogP contribution in [0, 0.1) is 5.41 Å². The smallest absolute Gasteiger partial charge is 0.00694 e. The molecule has 2 nitrogen and oxygen atoms in total. The van der Waals surface area contributed by atoms with Crippen LogP contribution in [0.3, 0.4) is 0 Å². The summed E-state index contributed by atoms with van der Waals surface area (Å²) in [7, 11) is 2.30. The highest BCUT2D eigenvalue weighted by Gasteiger charge is 2.36. The minimum absolute atomic E-state index is 0.593. The Morgan fingerprint density at radius 3 is 2.59 bits per heavy atom. The van der Waals surface area contributed by atoms with Crippen molar-refractivity contribution in [2.45, 2.75) is 44.6 Å². The zero-order valence-corrected chi connectivity index (χ0v) is 12.3. The van der Waals surface area contributed by atoms with Crippen LogP contribution in [0.5, 0.6) is 0 Å². The largest absolute Gasteiger partial charge is 0.313 e. The Hall–Kier alpha value is 0.270. The molecule has 17 heavy (non-hydrogen) atoms. The normalized spacial score (nSPS) is 23.5. The van der Waals surface area contributed by atoms with Crippen molar-refractivity contribution < 1.29 is 0 Å². The minimum Gasteiger partial charge on any atom is -0.313 e. The summed E-state index contributed by atoms with van der Waals surface area (Å²) in [5.74, 6) is 1.27. The second-order valence-corrected chi connectivity index (χ2v) is 7.08. The van der Waals surface area contributed by atoms with E-state index in [-0.39, 0.29) is 0 Å². The lowest BCUT2D eigenvalue weighted by Gasteiger charge is -2.34. The fourth-order valence-electron chi connectivity index (χ4n) is 3.06. The lowest BCUT2D eigenvalue weighted by molar-refractivity contribution is 0.178. The highest BCUT2D eigenvalue weighted by Crippen LogP contribution is 2.38. The van der Waals surface area contributed by atoms with Gasteiger partial charge in [-0.3, -0.25) is 0 Å². The lowest BCUT2D eigenvalue weighted by atomic mass is 9.85. The van der Waals surface area contributed by atoms with E-state index in [1.807, 2.05) is 11.8 Å². The molecule has 0 amide bonds. The van der Waals surface area contributed by atoms with Crippen molar-refractivity contribution in [2.75, 3.05) is 38.7 Å². The van der Waals surface area contributed by atoms with Crippen LogP contribution < -0.4 is 5.32 Å². The van der Waals surface area contributed by atoms with Crippen molar-refractivity contribution in [3.05, 3.63) is 0 Å². The van der Waals surface area contributed by atoms with Crippen molar-refractivity contribution in [3.63, 3.8) is 0 Å². The summed E-state index contributed by atoms with van der Waals surface area (Å²) in [5.41, 5.74) is 0.593. The SMILES string of the molecule is CSCCN(C)CC1(CNC2CC2)CCCC1. The number of rotatable bonds is 8. The highest BCUT2D eigenvalue weighted by molar-refractivity contribution is 7.98. The van der Waals surface area contributed by atoms with Crippen LogP contribution in [0.4, 0.5) is 0 Å². The molecule has 0 spiro atoms. The molecule has 0 unspecified atom stereocenters. The van der Waals surface area contributed by atoms with Gasteiger partial charge < -0.3 is 10.2 Å². The molecule has 2 rings (SSSR count). The van der Waals surface area contributed by atoms with Crippen LogP contribution in [0.15, 0.2) is 0 Å². The molecule has 0 atom stereocenters. The second kappa shape index (κ2) is 6.44. The molecular weight excluding hydrogens is 228 g/mol. The summed E-state index contributed by atoms with van der Waals surface area (Å²) in [5, 5.41) is 3.77. The summed E-state index contributed by atoms with van der Waals surface area (Å²) >= 11 is 1.96. The van der Waals surface area contributed by atoms with Gasteiger partial charge in [0.25, 0.3) is 0 Å². The molecule has 1 N–H and O–H groups in total. The van der Waals surface area contributed by atoms with E-state index >= 15 is 0 Å². The van der Waals surface area contributed by atoms with E-state index in [1.165, 1.54) is 63.9 Å². The van der Waals surface area contributed by atoms with Crippen molar-refractivity contribution in [3.8, 4) is 0 Å². The Morgan fingerprint density at radius 1 is 1.29 bits per heavy atom. The van der Waals surface area contributed by atoms with Gasteiger partial charge in [-0.05, 0) is 44.4 Å². The van der Waals surface area contributed by atoms with Crippen LogP contribution in [0.2, 0.25) is 0 Å². The Balaban J connectivity index is 1.77. The number of hydrogen-bond acceptors (Lipinski definition) is 3. The molecule has 0 aromatic heterocycles. The maximum absolute atomic E-state index is 3.77. The van der Waals surface area contributed by atoms with Crippen molar-refractivity contribution in [2.24, 2.45) is 5.41 Å². The topological polar surface area (TPSA) is 15.3 Å². The Kier molecular flexibility index (Phi) is 5.19. The summed E-state index contributed by atoms with van der Waals surface area (Å²) < 4.78 is 0. The van der Waals surface area contributed by atoms with Gasteiger partial charge in [-0.15, -0.1) is 0 Å². The van der Waals surface area contributed by atoms with Gasteiger partial charge in [0.2, 0.25) is 0 Å². The lowest BCUT2D eigenvalue weighted by Crippen LogP contribution is -2.42. The zero-order chi connectivity index (χ0) is 12.1. The molecule has 0 aromatic rings. The predicted molar refractivity (Wildman–Crippen MR) is 77.8 cm³/mol. The molecule has 2 aliphatic carbocycles. The van der Waals surface area contributed by atoms with Gasteiger partial charge in [0, 0.05) is 31.4 Å². The van der Waals surface area contributed by atoms with Crippen LogP contribution in [-0.2, 0) is 0 Å². The van der Waals surface area contributed by atoms with Gasteiger partial charge in [-0.25, -0.2) is 0 Å². The molecule has 0 saturated heterocycles. The average molecular weight is 256 g/mol. The fraction of sp³-hybridized carbons (Fsp3) is 1.00. The summed E-state index contributed by atoms with van der Waals surface area (Å²) in [4.78, 5) is 2.55. The number of nitrogens with zero attached hydrogens (tertiary/aromatic N) is 1. The summed E-state index contributed by atoms with van der Waals surface area (Å²) in [6, 6.07) is 0.865. The number of nitrogens with one attached hydrogen (secondary N) is 1. The summed E-state index contributed by atoms with van der Waals surface area (Å²) in [6.07, 6.45) is 10.8. The molecule has 2 fully saturated rings. The van der Waals surface area contributed by atoms with Crippen LogP contribution >= 0.6 is 11.8 Å². The maximum atomic E-state index is 3.77. The average Bonchev–Trinajstić information content (AvgIpc) is 3.05. The fourth-order valence-corrected chi connectivity index (χ4v) is 3.56. The maximum Gasteiger partial charge on any atom is 0.00694 e. The molecule has 2 aliphatic rings. The third kappa shape index (κ3) is 4.46. The van der Waals surface area contributed by atoms with Crippen LogP contribution in [-0.4, -0.2) is 49.6 Å². The third-order valence-corrected chi connectivity index (χ3v) is 4.88. The predicted octanol–water partition coefficient (Wildman–Crippen LogP) is 2.59. The summed E-state index contributed by atoms with van der Waals surface area (Å²) in [6.45, 7) is 3.81. The van der Waals surface area contributed by atoms with E-state index in [0.717, 1.165) is 6.04 Å². The van der Waals surface area contributed by atoms with Gasteiger partial charge >= 0.3 is 0 Å². The van der Waals surface area contributed by atoms with Crippen LogP contribution in [0.25, 0.3) is 0 Å². The first-order valence-corrected chi connectivity index (χ1v) is 8.54. The van der Waals surface area contributed by atoms with Gasteiger partial charge in [0.05, 0.1) is 0 Å². The van der Waals surface area contributed by atoms with E-state index in [4.69, 9.17) is 0 Å². The highest BCUT2D eigenvalue weighted by atomic mass is 32.2. The standard InChI is InChI=1S/C14H28N2S/c1-16(9-10-17-2)12-14(7-3-4-8-14)11-15-13-5-6-13/h13,15H,3-12H2,1-2H3. The molecule has 0 aromatic carbocycles.